The van der Waals surface area contributed by atoms with Crippen LogP contribution in [0.2, 0.25) is 0 Å². The van der Waals surface area contributed by atoms with Crippen molar-refractivity contribution in [1.82, 2.24) is 15.0 Å². The second-order valence-electron chi connectivity index (χ2n) is 3.05. The lowest BCUT2D eigenvalue weighted by Crippen LogP contribution is -2.08. The fraction of sp³-hybridized carbons (Fsp3) is 0.778. The summed E-state index contributed by atoms with van der Waals surface area (Å²) in [6, 6.07) is 0. The maximum atomic E-state index is 3.93. The molecule has 0 spiro atoms. The van der Waals surface area contributed by atoms with Gasteiger partial charge in [-0.3, -0.25) is 0 Å². The molecule has 0 saturated heterocycles. The molecule has 4 heteroatoms. The second-order valence-corrected chi connectivity index (χ2v) is 3.05. The number of nitrogens with zero attached hydrogens (tertiary/aromatic N) is 3. The normalized spacial score (nSPS) is 10.3. The molecule has 0 unspecified atom stereocenters. The maximum Gasteiger partial charge on any atom is 0.161 e. The molecule has 1 aromatic heterocycles. The second kappa shape index (κ2) is 5.56. The zero-order valence-electron chi connectivity index (χ0n) is 8.38. The first kappa shape index (κ1) is 10.0. The quantitative estimate of drug-likeness (QED) is 0.679. The summed E-state index contributed by atoms with van der Waals surface area (Å²) < 4.78 is 1.86. The number of unbranched alkanes of at least 4 members (excludes halogenated alkanes) is 1. The van der Waals surface area contributed by atoms with Crippen LogP contribution in [0.25, 0.3) is 0 Å². The van der Waals surface area contributed by atoms with Gasteiger partial charge in [-0.05, 0) is 12.8 Å². The van der Waals surface area contributed by atoms with Crippen LogP contribution in [-0.2, 0) is 6.54 Å². The minimum Gasteiger partial charge on any atom is -0.368 e. The van der Waals surface area contributed by atoms with Gasteiger partial charge in [0.1, 0.15) is 0 Å². The number of aryl methyl sites for hydroxylation is 1. The van der Waals surface area contributed by atoms with Gasteiger partial charge in [-0.1, -0.05) is 25.5 Å². The Labute approximate surface area is 79.3 Å². The van der Waals surface area contributed by atoms with Crippen molar-refractivity contribution in [3.05, 3.63) is 6.20 Å². The molecule has 1 rings (SSSR count). The van der Waals surface area contributed by atoms with Crippen molar-refractivity contribution in [2.45, 2.75) is 39.7 Å². The Kier molecular flexibility index (Phi) is 4.29. The zero-order valence-corrected chi connectivity index (χ0v) is 8.38. The minimum atomic E-state index is 0.908. The lowest BCUT2D eigenvalue weighted by molar-refractivity contribution is 0.582. The molecule has 0 aliphatic heterocycles. The molecular formula is C9H17N4. The van der Waals surface area contributed by atoms with Crippen molar-refractivity contribution >= 4 is 5.82 Å². The van der Waals surface area contributed by atoms with Gasteiger partial charge in [-0.25, -0.2) is 4.68 Å². The summed E-state index contributed by atoms with van der Waals surface area (Å²) in [5.41, 5.74) is 0. The van der Waals surface area contributed by atoms with Crippen LogP contribution < -0.4 is 5.32 Å². The molecule has 4 nitrogen and oxygen atoms in total. The van der Waals surface area contributed by atoms with Gasteiger partial charge in [0.05, 0.1) is 0 Å². The predicted molar refractivity (Wildman–Crippen MR) is 52.5 cm³/mol. The van der Waals surface area contributed by atoms with Crippen LogP contribution in [0.5, 0.6) is 0 Å². The predicted octanol–water partition coefficient (Wildman–Crippen LogP) is 1.70. The van der Waals surface area contributed by atoms with Crippen LogP contribution in [0.3, 0.4) is 0 Å². The zero-order chi connectivity index (χ0) is 9.52. The summed E-state index contributed by atoms with van der Waals surface area (Å²) in [7, 11) is 0. The van der Waals surface area contributed by atoms with Crippen molar-refractivity contribution in [2.24, 2.45) is 0 Å². The summed E-state index contributed by atoms with van der Waals surface area (Å²) in [4.78, 5) is 0. The summed E-state index contributed by atoms with van der Waals surface area (Å²) in [5, 5.41) is 10.9. The highest BCUT2D eigenvalue weighted by Gasteiger charge is 2.01. The third-order valence-corrected chi connectivity index (χ3v) is 1.82. The largest absolute Gasteiger partial charge is 0.368 e. The number of rotatable bonds is 6. The smallest absolute Gasteiger partial charge is 0.161 e. The number of nitrogens with one attached hydrogen (secondary N) is 1. The standard InChI is InChI=1S/C9H17N4/c1-3-5-6-10-9-8-11-12-13(9)7-4-2/h10H,3-7H2,1-2H3. The molecule has 0 bridgehead atoms. The van der Waals surface area contributed by atoms with Crippen LogP contribution in [0.15, 0.2) is 0 Å². The molecule has 73 valence electrons. The van der Waals surface area contributed by atoms with Gasteiger partial charge in [-0.15, -0.1) is 5.10 Å². The molecule has 1 N–H and O–H groups in total. The topological polar surface area (TPSA) is 42.7 Å². The van der Waals surface area contributed by atoms with E-state index in [1.54, 1.807) is 0 Å². The molecule has 0 atom stereocenters. The van der Waals surface area contributed by atoms with Crippen molar-refractivity contribution < 1.29 is 0 Å². The molecule has 13 heavy (non-hydrogen) atoms. The molecular weight excluding hydrogens is 164 g/mol. The fourth-order valence-electron chi connectivity index (χ4n) is 1.11. The van der Waals surface area contributed by atoms with E-state index in [0.717, 1.165) is 25.3 Å². The Bertz CT molecular complexity index is 231. The fourth-order valence-corrected chi connectivity index (χ4v) is 1.11. The van der Waals surface area contributed by atoms with E-state index in [4.69, 9.17) is 0 Å². The highest BCUT2D eigenvalue weighted by molar-refractivity contribution is 5.29. The number of anilines is 1. The molecule has 0 amide bonds. The average Bonchev–Trinajstić information content (AvgIpc) is 2.54. The van der Waals surface area contributed by atoms with Gasteiger partial charge >= 0.3 is 0 Å². The Hall–Kier alpha value is -1.06. The first-order valence-corrected chi connectivity index (χ1v) is 4.93. The Morgan fingerprint density at radius 3 is 2.92 bits per heavy atom. The SMILES string of the molecule is CCCCNc1[c]nnn1CCC. The number of hydrogen-bond acceptors (Lipinski definition) is 3. The number of aromatic nitrogens is 3. The van der Waals surface area contributed by atoms with Gasteiger partial charge < -0.3 is 5.32 Å². The monoisotopic (exact) mass is 181 g/mol. The first-order chi connectivity index (χ1) is 6.38. The Balaban J connectivity index is 2.40. The van der Waals surface area contributed by atoms with Gasteiger partial charge in [0, 0.05) is 13.1 Å². The minimum absolute atomic E-state index is 0.908. The van der Waals surface area contributed by atoms with E-state index in [0.29, 0.717) is 0 Å². The van der Waals surface area contributed by atoms with Crippen LogP contribution in [0.1, 0.15) is 33.1 Å². The molecule has 0 aliphatic carbocycles. The van der Waals surface area contributed by atoms with E-state index in [9.17, 15) is 0 Å². The number of hydrogen-bond donors (Lipinski definition) is 1. The van der Waals surface area contributed by atoms with E-state index in [1.165, 1.54) is 12.8 Å². The molecule has 0 aromatic carbocycles. The molecule has 1 heterocycles. The van der Waals surface area contributed by atoms with Crippen LogP contribution in [0.4, 0.5) is 5.82 Å². The molecule has 1 aromatic rings. The van der Waals surface area contributed by atoms with Crippen molar-refractivity contribution in [3.63, 3.8) is 0 Å². The summed E-state index contributed by atoms with van der Waals surface area (Å²) in [6.07, 6.45) is 6.28. The first-order valence-electron chi connectivity index (χ1n) is 4.93. The molecule has 0 saturated carbocycles. The third kappa shape index (κ3) is 3.05. The molecule has 1 radical (unpaired) electrons. The summed E-state index contributed by atoms with van der Waals surface area (Å²) in [5.74, 6) is 0.912. The molecule has 0 fully saturated rings. The van der Waals surface area contributed by atoms with Crippen molar-refractivity contribution in [3.8, 4) is 0 Å². The van der Waals surface area contributed by atoms with Crippen molar-refractivity contribution in [1.29, 1.82) is 0 Å². The van der Waals surface area contributed by atoms with Gasteiger partial charge in [-0.2, -0.15) is 0 Å². The van der Waals surface area contributed by atoms with Gasteiger partial charge in [0.15, 0.2) is 12.0 Å². The van der Waals surface area contributed by atoms with Crippen LogP contribution >= 0.6 is 0 Å². The Morgan fingerprint density at radius 2 is 2.23 bits per heavy atom. The lowest BCUT2D eigenvalue weighted by atomic mass is 10.3. The van der Waals surface area contributed by atoms with E-state index < -0.39 is 0 Å². The van der Waals surface area contributed by atoms with E-state index in [1.807, 2.05) is 4.68 Å². The summed E-state index contributed by atoms with van der Waals surface area (Å²) in [6.45, 7) is 6.18. The van der Waals surface area contributed by atoms with E-state index in [-0.39, 0.29) is 0 Å². The average molecular weight is 181 g/mol. The van der Waals surface area contributed by atoms with Crippen LogP contribution in [0, 0.1) is 6.20 Å². The third-order valence-electron chi connectivity index (χ3n) is 1.82. The van der Waals surface area contributed by atoms with Crippen LogP contribution in [-0.4, -0.2) is 21.5 Å². The Morgan fingerprint density at radius 1 is 1.38 bits per heavy atom. The van der Waals surface area contributed by atoms with E-state index in [2.05, 4.69) is 35.7 Å². The highest BCUT2D eigenvalue weighted by atomic mass is 15.4. The van der Waals surface area contributed by atoms with E-state index >= 15 is 0 Å². The van der Waals surface area contributed by atoms with Gasteiger partial charge in [0.2, 0.25) is 0 Å². The van der Waals surface area contributed by atoms with Gasteiger partial charge in [0.25, 0.3) is 0 Å². The summed E-state index contributed by atoms with van der Waals surface area (Å²) >= 11 is 0. The molecule has 0 aliphatic rings. The maximum absolute atomic E-state index is 3.93. The lowest BCUT2D eigenvalue weighted by Gasteiger charge is -2.05. The van der Waals surface area contributed by atoms with Crippen molar-refractivity contribution in [2.75, 3.05) is 11.9 Å². The highest BCUT2D eigenvalue weighted by Crippen LogP contribution is 2.03.